The summed E-state index contributed by atoms with van der Waals surface area (Å²) in [6.07, 6.45) is 5.28. The quantitative estimate of drug-likeness (QED) is 0.617. The van der Waals surface area contributed by atoms with Gasteiger partial charge in [-0.3, -0.25) is 0 Å². The van der Waals surface area contributed by atoms with E-state index < -0.39 is 0 Å². The highest BCUT2D eigenvalue weighted by atomic mass is 19.1. The van der Waals surface area contributed by atoms with Crippen LogP contribution in [0.1, 0.15) is 11.3 Å². The number of hydrogen-bond donors (Lipinski definition) is 0. The standard InChI is InChI=1S/C20H15FN2/c1-15-19(8-5-13-22)20(16-9-11-17(21)12-10-16)14-23(15)18-6-3-2-4-7-18/h2-12,14H,1H3/b8-5+. The van der Waals surface area contributed by atoms with E-state index in [1.165, 1.54) is 18.2 Å². The average Bonchev–Trinajstić information content (AvgIpc) is 2.91. The van der Waals surface area contributed by atoms with Gasteiger partial charge in [0.2, 0.25) is 0 Å². The number of aromatic nitrogens is 1. The Morgan fingerprint density at radius 1 is 1.04 bits per heavy atom. The first-order valence-corrected chi connectivity index (χ1v) is 7.30. The molecular weight excluding hydrogens is 287 g/mol. The second kappa shape index (κ2) is 6.33. The van der Waals surface area contributed by atoms with Gasteiger partial charge in [-0.1, -0.05) is 30.3 Å². The average molecular weight is 302 g/mol. The third-order valence-corrected chi connectivity index (χ3v) is 3.81. The first-order chi connectivity index (χ1) is 11.2. The number of benzene rings is 2. The maximum absolute atomic E-state index is 13.2. The van der Waals surface area contributed by atoms with Crippen LogP contribution in [0.5, 0.6) is 0 Å². The Balaban J connectivity index is 2.20. The van der Waals surface area contributed by atoms with Crippen LogP contribution in [0.15, 0.2) is 66.9 Å². The molecule has 112 valence electrons. The number of nitriles is 1. The SMILES string of the molecule is Cc1c(/C=C/C#N)c(-c2ccc(F)cc2)cn1-c1ccccc1. The Morgan fingerprint density at radius 3 is 2.39 bits per heavy atom. The Kier molecular flexibility index (Phi) is 4.07. The fourth-order valence-corrected chi connectivity index (χ4v) is 2.67. The number of para-hydroxylation sites is 1. The molecule has 0 bridgehead atoms. The molecule has 0 spiro atoms. The monoisotopic (exact) mass is 302 g/mol. The molecule has 2 aromatic carbocycles. The summed E-state index contributed by atoms with van der Waals surface area (Å²) >= 11 is 0. The van der Waals surface area contributed by atoms with Gasteiger partial charge in [0, 0.05) is 34.8 Å². The highest BCUT2D eigenvalue weighted by molar-refractivity contribution is 5.78. The fraction of sp³-hybridized carbons (Fsp3) is 0.0500. The van der Waals surface area contributed by atoms with E-state index in [9.17, 15) is 4.39 Å². The topological polar surface area (TPSA) is 28.7 Å². The second-order valence-electron chi connectivity index (χ2n) is 5.22. The predicted octanol–water partition coefficient (Wildman–Crippen LogP) is 5.13. The third-order valence-electron chi connectivity index (χ3n) is 3.81. The summed E-state index contributed by atoms with van der Waals surface area (Å²) in [6.45, 7) is 2.01. The Labute approximate surface area is 134 Å². The number of nitrogens with zero attached hydrogens (tertiary/aromatic N) is 2. The first-order valence-electron chi connectivity index (χ1n) is 7.30. The van der Waals surface area contributed by atoms with E-state index in [1.54, 1.807) is 18.2 Å². The molecule has 3 heteroatoms. The lowest BCUT2D eigenvalue weighted by Gasteiger charge is -2.05. The number of rotatable bonds is 3. The minimum absolute atomic E-state index is 0.262. The number of halogens is 1. The summed E-state index contributed by atoms with van der Waals surface area (Å²) < 4.78 is 15.3. The van der Waals surface area contributed by atoms with E-state index in [0.717, 1.165) is 28.1 Å². The second-order valence-corrected chi connectivity index (χ2v) is 5.22. The van der Waals surface area contributed by atoms with Crippen molar-refractivity contribution in [1.29, 1.82) is 5.26 Å². The van der Waals surface area contributed by atoms with Gasteiger partial charge in [0.25, 0.3) is 0 Å². The molecule has 0 aliphatic heterocycles. The van der Waals surface area contributed by atoms with Crippen LogP contribution in [0.2, 0.25) is 0 Å². The normalized spacial score (nSPS) is 10.8. The fourth-order valence-electron chi connectivity index (χ4n) is 2.67. The summed E-state index contributed by atoms with van der Waals surface area (Å²) in [7, 11) is 0. The molecule has 3 aromatic rings. The lowest BCUT2D eigenvalue weighted by atomic mass is 10.0. The summed E-state index contributed by atoms with van der Waals surface area (Å²) in [4.78, 5) is 0. The van der Waals surface area contributed by atoms with Gasteiger partial charge in [-0.25, -0.2) is 4.39 Å². The zero-order valence-corrected chi connectivity index (χ0v) is 12.7. The van der Waals surface area contributed by atoms with Crippen LogP contribution in [0.25, 0.3) is 22.9 Å². The van der Waals surface area contributed by atoms with Crippen LogP contribution < -0.4 is 0 Å². The molecule has 3 rings (SSSR count). The highest BCUT2D eigenvalue weighted by Gasteiger charge is 2.13. The Bertz CT molecular complexity index is 882. The van der Waals surface area contributed by atoms with Crippen LogP contribution in [-0.4, -0.2) is 4.57 Å². The van der Waals surface area contributed by atoms with Gasteiger partial charge in [0.05, 0.1) is 6.07 Å². The summed E-state index contributed by atoms with van der Waals surface area (Å²) in [6, 6.07) is 18.4. The van der Waals surface area contributed by atoms with Gasteiger partial charge in [-0.15, -0.1) is 0 Å². The van der Waals surface area contributed by atoms with Gasteiger partial charge in [0.1, 0.15) is 5.82 Å². The van der Waals surface area contributed by atoms with Crippen molar-refractivity contribution < 1.29 is 4.39 Å². The Hall–Kier alpha value is -3.12. The van der Waals surface area contributed by atoms with Crippen LogP contribution in [0, 0.1) is 24.1 Å². The molecule has 0 saturated heterocycles. The minimum atomic E-state index is -0.262. The van der Waals surface area contributed by atoms with Crippen molar-refractivity contribution in [3.63, 3.8) is 0 Å². The maximum Gasteiger partial charge on any atom is 0.123 e. The molecule has 0 aliphatic carbocycles. The van der Waals surface area contributed by atoms with E-state index in [0.29, 0.717) is 0 Å². The van der Waals surface area contributed by atoms with Crippen molar-refractivity contribution in [1.82, 2.24) is 4.57 Å². The van der Waals surface area contributed by atoms with Crippen molar-refractivity contribution in [2.75, 3.05) is 0 Å². The lowest BCUT2D eigenvalue weighted by molar-refractivity contribution is 0.628. The predicted molar refractivity (Wildman–Crippen MR) is 90.5 cm³/mol. The number of hydrogen-bond acceptors (Lipinski definition) is 1. The summed E-state index contributed by atoms with van der Waals surface area (Å²) in [5.41, 5.74) is 4.92. The largest absolute Gasteiger partial charge is 0.320 e. The Morgan fingerprint density at radius 2 is 1.74 bits per heavy atom. The van der Waals surface area contributed by atoms with Gasteiger partial charge in [0.15, 0.2) is 0 Å². The van der Waals surface area contributed by atoms with E-state index in [-0.39, 0.29) is 5.82 Å². The van der Waals surface area contributed by atoms with Crippen molar-refractivity contribution in [2.45, 2.75) is 6.92 Å². The number of allylic oxidation sites excluding steroid dienone is 1. The van der Waals surface area contributed by atoms with Crippen molar-refractivity contribution in [2.24, 2.45) is 0 Å². The molecule has 0 aliphatic rings. The van der Waals surface area contributed by atoms with Gasteiger partial charge in [-0.2, -0.15) is 5.26 Å². The van der Waals surface area contributed by atoms with Gasteiger partial charge < -0.3 is 4.57 Å². The lowest BCUT2D eigenvalue weighted by Crippen LogP contribution is -1.94. The summed E-state index contributed by atoms with van der Waals surface area (Å²) in [5, 5.41) is 8.85. The van der Waals surface area contributed by atoms with Crippen LogP contribution in [0.3, 0.4) is 0 Å². The van der Waals surface area contributed by atoms with E-state index in [4.69, 9.17) is 5.26 Å². The maximum atomic E-state index is 13.2. The molecule has 0 fully saturated rings. The zero-order valence-electron chi connectivity index (χ0n) is 12.7. The third kappa shape index (κ3) is 2.93. The van der Waals surface area contributed by atoms with Crippen molar-refractivity contribution in [3.8, 4) is 22.9 Å². The molecule has 0 radical (unpaired) electrons. The smallest absolute Gasteiger partial charge is 0.123 e. The molecule has 2 nitrogen and oxygen atoms in total. The molecule has 1 heterocycles. The van der Waals surface area contributed by atoms with E-state index in [2.05, 4.69) is 4.57 Å². The van der Waals surface area contributed by atoms with Crippen molar-refractivity contribution in [3.05, 3.63) is 83.9 Å². The molecule has 1 aromatic heterocycles. The van der Waals surface area contributed by atoms with Gasteiger partial charge >= 0.3 is 0 Å². The van der Waals surface area contributed by atoms with Crippen LogP contribution in [-0.2, 0) is 0 Å². The summed E-state index contributed by atoms with van der Waals surface area (Å²) in [5.74, 6) is -0.262. The first kappa shape index (κ1) is 14.8. The van der Waals surface area contributed by atoms with E-state index >= 15 is 0 Å². The molecule has 0 N–H and O–H groups in total. The molecule has 23 heavy (non-hydrogen) atoms. The molecule has 0 atom stereocenters. The van der Waals surface area contributed by atoms with Crippen LogP contribution >= 0.6 is 0 Å². The van der Waals surface area contributed by atoms with Crippen LogP contribution in [0.4, 0.5) is 4.39 Å². The molecule has 0 unspecified atom stereocenters. The van der Waals surface area contributed by atoms with Crippen molar-refractivity contribution >= 4 is 6.08 Å². The molecule has 0 saturated carbocycles. The van der Waals surface area contributed by atoms with E-state index in [1.807, 2.05) is 49.5 Å². The van der Waals surface area contributed by atoms with Gasteiger partial charge in [-0.05, 0) is 42.8 Å². The highest BCUT2D eigenvalue weighted by Crippen LogP contribution is 2.31. The minimum Gasteiger partial charge on any atom is -0.320 e. The molecule has 0 amide bonds. The molecular formula is C20H15FN2. The zero-order chi connectivity index (χ0) is 16.2.